The molecule has 3 heterocycles. The molecule has 0 fully saturated rings. The fourth-order valence-electron chi connectivity index (χ4n) is 3.72. The normalized spacial score (nSPS) is 16.5. The molecular formula is C19H20F2N6O. The molecule has 1 aromatic carbocycles. The van der Waals surface area contributed by atoms with E-state index in [0.717, 1.165) is 17.5 Å². The van der Waals surface area contributed by atoms with Crippen LogP contribution in [-0.2, 0) is 20.0 Å². The Balaban J connectivity index is 1.63. The molecule has 0 aliphatic carbocycles. The summed E-state index contributed by atoms with van der Waals surface area (Å²) < 4.78 is 29.2. The summed E-state index contributed by atoms with van der Waals surface area (Å²) in [6.07, 6.45) is -2.00. The van der Waals surface area contributed by atoms with Crippen LogP contribution in [0.3, 0.4) is 0 Å². The van der Waals surface area contributed by atoms with E-state index in [4.69, 9.17) is 0 Å². The lowest BCUT2D eigenvalue weighted by Crippen LogP contribution is -2.42. The van der Waals surface area contributed by atoms with Gasteiger partial charge in [-0.25, -0.2) is 8.78 Å². The maximum atomic E-state index is 13.0. The highest BCUT2D eigenvalue weighted by Crippen LogP contribution is 2.27. The zero-order chi connectivity index (χ0) is 19.8. The summed E-state index contributed by atoms with van der Waals surface area (Å²) in [6, 6.07) is 11.1. The van der Waals surface area contributed by atoms with E-state index >= 15 is 0 Å². The molecule has 0 radical (unpaired) electrons. The van der Waals surface area contributed by atoms with Gasteiger partial charge in [-0.15, -0.1) is 10.2 Å². The van der Waals surface area contributed by atoms with Crippen LogP contribution in [-0.4, -0.2) is 41.9 Å². The molecule has 0 bridgehead atoms. The first kappa shape index (κ1) is 18.3. The van der Waals surface area contributed by atoms with Gasteiger partial charge in [0.15, 0.2) is 5.82 Å². The second kappa shape index (κ2) is 7.14. The molecule has 0 spiro atoms. The summed E-state index contributed by atoms with van der Waals surface area (Å²) in [6.45, 7) is 2.61. The first-order valence-corrected chi connectivity index (χ1v) is 8.99. The van der Waals surface area contributed by atoms with Gasteiger partial charge in [-0.3, -0.25) is 9.48 Å². The standard InChI is InChI=1S/C19H20F2N6O/c1-12-22-23-17-11-26(19(28)16-9-15(18(20)21)24-25(16)2)10-14(27(12)17)8-13-6-4-3-5-7-13/h3-7,9,14,18H,8,10-11H2,1-2H3/t14-/m1/s1. The first-order valence-electron chi connectivity index (χ1n) is 8.99. The number of alkyl halides is 2. The summed E-state index contributed by atoms with van der Waals surface area (Å²) in [5, 5.41) is 12.1. The highest BCUT2D eigenvalue weighted by atomic mass is 19.3. The fraction of sp³-hybridized carbons (Fsp3) is 0.368. The Hall–Kier alpha value is -3.10. The van der Waals surface area contributed by atoms with E-state index in [2.05, 4.69) is 19.9 Å². The minimum atomic E-state index is -2.72. The quantitative estimate of drug-likeness (QED) is 0.691. The number of rotatable bonds is 4. The van der Waals surface area contributed by atoms with Crippen molar-refractivity contribution in [3.05, 3.63) is 65.0 Å². The number of hydrogen-bond acceptors (Lipinski definition) is 4. The molecule has 7 nitrogen and oxygen atoms in total. The lowest BCUT2D eigenvalue weighted by Gasteiger charge is -2.34. The van der Waals surface area contributed by atoms with Gasteiger partial charge in [0.2, 0.25) is 0 Å². The molecular weight excluding hydrogens is 366 g/mol. The molecule has 0 saturated carbocycles. The monoisotopic (exact) mass is 386 g/mol. The Morgan fingerprint density at radius 2 is 2.00 bits per heavy atom. The summed E-state index contributed by atoms with van der Waals surface area (Å²) >= 11 is 0. The zero-order valence-electron chi connectivity index (χ0n) is 15.6. The van der Waals surface area contributed by atoms with Gasteiger partial charge >= 0.3 is 0 Å². The van der Waals surface area contributed by atoms with E-state index in [1.165, 1.54) is 11.7 Å². The smallest absolute Gasteiger partial charge is 0.282 e. The van der Waals surface area contributed by atoms with E-state index in [0.29, 0.717) is 18.8 Å². The van der Waals surface area contributed by atoms with Gasteiger partial charge < -0.3 is 9.47 Å². The molecule has 1 aliphatic rings. The van der Waals surface area contributed by atoms with Crippen LogP contribution in [0.25, 0.3) is 0 Å². The SMILES string of the molecule is Cc1nnc2n1[C@H](Cc1ccccc1)CN(C(=O)c1cc(C(F)F)nn1C)C2. The predicted molar refractivity (Wildman–Crippen MR) is 96.8 cm³/mol. The third kappa shape index (κ3) is 3.28. The topological polar surface area (TPSA) is 68.8 Å². The van der Waals surface area contributed by atoms with E-state index in [9.17, 15) is 13.6 Å². The second-order valence-electron chi connectivity index (χ2n) is 6.94. The van der Waals surface area contributed by atoms with E-state index in [1.807, 2.05) is 37.3 Å². The molecule has 146 valence electrons. The second-order valence-corrected chi connectivity index (χ2v) is 6.94. The number of hydrogen-bond donors (Lipinski definition) is 0. The van der Waals surface area contributed by atoms with Crippen molar-refractivity contribution in [3.63, 3.8) is 0 Å². The Morgan fingerprint density at radius 1 is 1.25 bits per heavy atom. The minimum Gasteiger partial charge on any atom is -0.328 e. The van der Waals surface area contributed by atoms with Crippen LogP contribution in [0.2, 0.25) is 0 Å². The number of halogens is 2. The average Bonchev–Trinajstić information content (AvgIpc) is 3.25. The summed E-state index contributed by atoms with van der Waals surface area (Å²) in [7, 11) is 1.50. The van der Waals surface area contributed by atoms with E-state index < -0.39 is 12.1 Å². The molecule has 1 aliphatic heterocycles. The molecule has 9 heteroatoms. The number of aryl methyl sites for hydroxylation is 2. The largest absolute Gasteiger partial charge is 0.328 e. The first-order chi connectivity index (χ1) is 13.4. The van der Waals surface area contributed by atoms with Crippen molar-refractivity contribution in [2.24, 2.45) is 7.05 Å². The number of nitrogens with zero attached hydrogens (tertiary/aromatic N) is 6. The third-order valence-electron chi connectivity index (χ3n) is 5.01. The predicted octanol–water partition coefficient (Wildman–Crippen LogP) is 2.70. The van der Waals surface area contributed by atoms with Crippen LogP contribution in [0.15, 0.2) is 36.4 Å². The van der Waals surface area contributed by atoms with Gasteiger partial charge in [-0.1, -0.05) is 30.3 Å². The molecule has 0 N–H and O–H groups in total. The van der Waals surface area contributed by atoms with Crippen molar-refractivity contribution >= 4 is 5.91 Å². The van der Waals surface area contributed by atoms with Crippen molar-refractivity contribution in [3.8, 4) is 0 Å². The van der Waals surface area contributed by atoms with Crippen LogP contribution in [0.4, 0.5) is 8.78 Å². The van der Waals surface area contributed by atoms with E-state index in [1.54, 1.807) is 4.90 Å². The molecule has 1 amide bonds. The van der Waals surface area contributed by atoms with Gasteiger partial charge in [0.05, 0.1) is 12.6 Å². The van der Waals surface area contributed by atoms with Crippen LogP contribution >= 0.6 is 0 Å². The van der Waals surface area contributed by atoms with Gasteiger partial charge in [0.1, 0.15) is 17.2 Å². The lowest BCUT2D eigenvalue weighted by atomic mass is 10.0. The fourth-order valence-corrected chi connectivity index (χ4v) is 3.72. The van der Waals surface area contributed by atoms with Crippen LogP contribution in [0, 0.1) is 6.92 Å². The van der Waals surface area contributed by atoms with Crippen LogP contribution in [0.1, 0.15) is 45.9 Å². The van der Waals surface area contributed by atoms with Crippen LogP contribution in [0.5, 0.6) is 0 Å². The maximum Gasteiger partial charge on any atom is 0.282 e. The number of carbonyl (C=O) groups is 1. The third-order valence-corrected chi connectivity index (χ3v) is 5.01. The maximum absolute atomic E-state index is 13.0. The number of carbonyl (C=O) groups excluding carboxylic acids is 1. The number of fused-ring (bicyclic) bond motifs is 1. The summed E-state index contributed by atoms with van der Waals surface area (Å²) in [5.74, 6) is 1.14. The van der Waals surface area contributed by atoms with Crippen molar-refractivity contribution in [1.82, 2.24) is 29.4 Å². The molecule has 0 saturated heterocycles. The number of benzene rings is 1. The van der Waals surface area contributed by atoms with Gasteiger partial charge in [0.25, 0.3) is 12.3 Å². The lowest BCUT2D eigenvalue weighted by molar-refractivity contribution is 0.0661. The van der Waals surface area contributed by atoms with Crippen LogP contribution < -0.4 is 0 Å². The Bertz CT molecular complexity index is 997. The van der Waals surface area contributed by atoms with Crippen molar-refractivity contribution in [2.75, 3.05) is 6.54 Å². The molecule has 28 heavy (non-hydrogen) atoms. The average molecular weight is 386 g/mol. The van der Waals surface area contributed by atoms with E-state index in [-0.39, 0.29) is 24.2 Å². The zero-order valence-corrected chi connectivity index (χ0v) is 15.6. The van der Waals surface area contributed by atoms with Gasteiger partial charge in [-0.05, 0) is 25.0 Å². The Labute approximate surface area is 160 Å². The Morgan fingerprint density at radius 3 is 2.68 bits per heavy atom. The van der Waals surface area contributed by atoms with Gasteiger partial charge in [-0.2, -0.15) is 5.10 Å². The molecule has 1 atom stereocenters. The number of aromatic nitrogens is 5. The highest BCUT2D eigenvalue weighted by molar-refractivity contribution is 5.92. The van der Waals surface area contributed by atoms with Crippen molar-refractivity contribution in [2.45, 2.75) is 32.4 Å². The Kier molecular flexibility index (Phi) is 4.66. The van der Waals surface area contributed by atoms with Crippen molar-refractivity contribution < 1.29 is 13.6 Å². The minimum absolute atomic E-state index is 0.0344. The van der Waals surface area contributed by atoms with Gasteiger partial charge in [0, 0.05) is 13.6 Å². The summed E-state index contributed by atoms with van der Waals surface area (Å²) in [5.41, 5.74) is 0.877. The molecule has 0 unspecified atom stereocenters. The molecule has 2 aromatic heterocycles. The molecule has 3 aromatic rings. The number of amides is 1. The molecule has 4 rings (SSSR count). The highest BCUT2D eigenvalue weighted by Gasteiger charge is 2.32. The van der Waals surface area contributed by atoms with Crippen molar-refractivity contribution in [1.29, 1.82) is 0 Å². The summed E-state index contributed by atoms with van der Waals surface area (Å²) in [4.78, 5) is 14.7.